The summed E-state index contributed by atoms with van der Waals surface area (Å²) in [6, 6.07) is 13.7. The molecule has 0 aliphatic rings. The van der Waals surface area contributed by atoms with Crippen LogP contribution in [0.3, 0.4) is 0 Å². The highest BCUT2D eigenvalue weighted by molar-refractivity contribution is 5.70. The standard InChI is InChI=1S/C26H31N3O4/c1-19(30)33-25-16-23(31-4)12-11-21(25)10-9-20-7-5-8-22(15-20)26-27-17-24(18-28-26)32-14-6-13-29(2)3/h5,7-8,11-12,15-18H,6,9-10,13-14H2,1-4H3. The first kappa shape index (κ1) is 24.2. The zero-order valence-electron chi connectivity index (χ0n) is 19.7. The van der Waals surface area contributed by atoms with Gasteiger partial charge in [0.15, 0.2) is 11.6 Å². The fourth-order valence-electron chi connectivity index (χ4n) is 3.37. The lowest BCUT2D eigenvalue weighted by molar-refractivity contribution is -0.131. The number of esters is 1. The minimum Gasteiger partial charge on any atom is -0.497 e. The Morgan fingerprint density at radius 2 is 1.79 bits per heavy atom. The van der Waals surface area contributed by atoms with Crippen molar-refractivity contribution in [3.63, 3.8) is 0 Å². The number of aryl methyl sites for hydroxylation is 2. The molecule has 0 saturated heterocycles. The van der Waals surface area contributed by atoms with E-state index in [9.17, 15) is 4.79 Å². The summed E-state index contributed by atoms with van der Waals surface area (Å²) >= 11 is 0. The Hall–Kier alpha value is -3.45. The maximum atomic E-state index is 11.5. The van der Waals surface area contributed by atoms with E-state index in [4.69, 9.17) is 14.2 Å². The van der Waals surface area contributed by atoms with Crippen LogP contribution in [0, 0.1) is 0 Å². The highest BCUT2D eigenvalue weighted by Gasteiger charge is 2.10. The number of methoxy groups -OCH3 is 1. The van der Waals surface area contributed by atoms with Crippen molar-refractivity contribution in [1.29, 1.82) is 0 Å². The number of carbonyl (C=O) groups excluding carboxylic acids is 1. The fourth-order valence-corrected chi connectivity index (χ4v) is 3.37. The van der Waals surface area contributed by atoms with Crippen LogP contribution in [0.2, 0.25) is 0 Å². The average molecular weight is 450 g/mol. The van der Waals surface area contributed by atoms with E-state index in [0.717, 1.165) is 42.5 Å². The van der Waals surface area contributed by atoms with Crippen LogP contribution in [0.5, 0.6) is 17.2 Å². The van der Waals surface area contributed by atoms with Crippen molar-refractivity contribution in [1.82, 2.24) is 14.9 Å². The van der Waals surface area contributed by atoms with E-state index < -0.39 is 0 Å². The molecule has 0 bridgehead atoms. The Bertz CT molecular complexity index is 1050. The highest BCUT2D eigenvalue weighted by atomic mass is 16.5. The van der Waals surface area contributed by atoms with E-state index >= 15 is 0 Å². The van der Waals surface area contributed by atoms with Crippen molar-refractivity contribution in [3.8, 4) is 28.6 Å². The molecule has 33 heavy (non-hydrogen) atoms. The Kier molecular flexibility index (Phi) is 8.78. The molecule has 3 aromatic rings. The van der Waals surface area contributed by atoms with Gasteiger partial charge in [-0.05, 0) is 56.6 Å². The summed E-state index contributed by atoms with van der Waals surface area (Å²) in [7, 11) is 5.67. The van der Waals surface area contributed by atoms with E-state index in [1.807, 2.05) is 38.4 Å². The predicted molar refractivity (Wildman–Crippen MR) is 128 cm³/mol. The van der Waals surface area contributed by atoms with Gasteiger partial charge in [0.2, 0.25) is 0 Å². The van der Waals surface area contributed by atoms with Crippen molar-refractivity contribution < 1.29 is 19.0 Å². The number of aromatic nitrogens is 2. The van der Waals surface area contributed by atoms with Gasteiger partial charge in [0.25, 0.3) is 0 Å². The molecular weight excluding hydrogens is 418 g/mol. The van der Waals surface area contributed by atoms with Gasteiger partial charge in [-0.1, -0.05) is 24.3 Å². The third-order valence-electron chi connectivity index (χ3n) is 5.04. The smallest absolute Gasteiger partial charge is 0.308 e. The molecule has 0 radical (unpaired) electrons. The lowest BCUT2D eigenvalue weighted by Crippen LogP contribution is -2.15. The normalized spacial score (nSPS) is 10.8. The van der Waals surface area contributed by atoms with E-state index in [2.05, 4.69) is 27.0 Å². The Morgan fingerprint density at radius 1 is 1.00 bits per heavy atom. The van der Waals surface area contributed by atoms with Gasteiger partial charge in [0.05, 0.1) is 26.1 Å². The monoisotopic (exact) mass is 449 g/mol. The third-order valence-corrected chi connectivity index (χ3v) is 5.04. The van der Waals surface area contributed by atoms with Gasteiger partial charge in [-0.2, -0.15) is 0 Å². The molecule has 0 amide bonds. The summed E-state index contributed by atoms with van der Waals surface area (Å²) in [5.74, 6) is 2.16. The molecule has 0 aliphatic heterocycles. The molecule has 0 atom stereocenters. The number of ether oxygens (including phenoxy) is 3. The first-order valence-corrected chi connectivity index (χ1v) is 11.0. The lowest BCUT2D eigenvalue weighted by atomic mass is 10.0. The fraction of sp³-hybridized carbons (Fsp3) is 0.346. The molecule has 174 valence electrons. The van der Waals surface area contributed by atoms with Gasteiger partial charge in [-0.25, -0.2) is 9.97 Å². The Morgan fingerprint density at radius 3 is 2.48 bits per heavy atom. The molecule has 0 N–H and O–H groups in total. The van der Waals surface area contributed by atoms with E-state index in [1.54, 1.807) is 25.6 Å². The molecule has 0 unspecified atom stereocenters. The summed E-state index contributed by atoms with van der Waals surface area (Å²) in [4.78, 5) is 22.5. The van der Waals surface area contributed by atoms with Crippen LogP contribution in [0.25, 0.3) is 11.4 Å². The first-order valence-electron chi connectivity index (χ1n) is 11.0. The maximum absolute atomic E-state index is 11.5. The van der Waals surface area contributed by atoms with Crippen LogP contribution in [-0.2, 0) is 17.6 Å². The minimum absolute atomic E-state index is 0.353. The second kappa shape index (κ2) is 12.0. The summed E-state index contributed by atoms with van der Waals surface area (Å²) in [5.41, 5.74) is 3.04. The molecule has 7 heteroatoms. The van der Waals surface area contributed by atoms with Gasteiger partial charge in [0.1, 0.15) is 11.5 Å². The number of benzene rings is 2. The summed E-state index contributed by atoms with van der Waals surface area (Å²) < 4.78 is 16.3. The zero-order valence-corrected chi connectivity index (χ0v) is 19.7. The van der Waals surface area contributed by atoms with Crippen molar-refractivity contribution in [2.75, 3.05) is 34.4 Å². The second-order valence-corrected chi connectivity index (χ2v) is 8.02. The van der Waals surface area contributed by atoms with Crippen molar-refractivity contribution in [2.45, 2.75) is 26.2 Å². The van der Waals surface area contributed by atoms with E-state index in [0.29, 0.717) is 29.7 Å². The van der Waals surface area contributed by atoms with E-state index in [-0.39, 0.29) is 5.97 Å². The van der Waals surface area contributed by atoms with Crippen molar-refractivity contribution in [2.24, 2.45) is 0 Å². The molecular formula is C26H31N3O4. The van der Waals surface area contributed by atoms with Crippen LogP contribution < -0.4 is 14.2 Å². The molecule has 3 rings (SSSR count). The van der Waals surface area contributed by atoms with E-state index in [1.165, 1.54) is 6.92 Å². The molecule has 0 spiro atoms. The van der Waals surface area contributed by atoms with Crippen LogP contribution in [-0.4, -0.2) is 55.2 Å². The summed E-state index contributed by atoms with van der Waals surface area (Å²) in [6.07, 6.45) is 5.88. The third kappa shape index (κ3) is 7.57. The Labute approximate surface area is 195 Å². The molecule has 2 aromatic carbocycles. The predicted octanol–water partition coefficient (Wildman–Crippen LogP) is 4.19. The summed E-state index contributed by atoms with van der Waals surface area (Å²) in [5, 5.41) is 0. The van der Waals surface area contributed by atoms with Crippen LogP contribution in [0.15, 0.2) is 54.9 Å². The van der Waals surface area contributed by atoms with Crippen molar-refractivity contribution >= 4 is 5.97 Å². The number of hydrogen-bond donors (Lipinski definition) is 0. The molecule has 1 heterocycles. The highest BCUT2D eigenvalue weighted by Crippen LogP contribution is 2.27. The maximum Gasteiger partial charge on any atom is 0.308 e. The molecule has 1 aromatic heterocycles. The van der Waals surface area contributed by atoms with Gasteiger partial charge in [-0.3, -0.25) is 4.79 Å². The quantitative estimate of drug-likeness (QED) is 0.247. The molecule has 0 aliphatic carbocycles. The van der Waals surface area contributed by atoms with Gasteiger partial charge >= 0.3 is 5.97 Å². The topological polar surface area (TPSA) is 73.8 Å². The molecule has 0 saturated carbocycles. The first-order chi connectivity index (χ1) is 15.9. The van der Waals surface area contributed by atoms with Crippen LogP contribution >= 0.6 is 0 Å². The number of rotatable bonds is 11. The SMILES string of the molecule is COc1ccc(CCc2cccc(-c3ncc(OCCCN(C)C)cn3)c2)c(OC(C)=O)c1. The lowest BCUT2D eigenvalue weighted by Gasteiger charge is -2.11. The van der Waals surface area contributed by atoms with Crippen LogP contribution in [0.1, 0.15) is 24.5 Å². The van der Waals surface area contributed by atoms with Crippen LogP contribution in [0.4, 0.5) is 0 Å². The molecule has 7 nitrogen and oxygen atoms in total. The number of carbonyl (C=O) groups is 1. The average Bonchev–Trinajstić information content (AvgIpc) is 2.81. The number of hydrogen-bond acceptors (Lipinski definition) is 7. The largest absolute Gasteiger partial charge is 0.497 e. The van der Waals surface area contributed by atoms with Gasteiger partial charge in [-0.15, -0.1) is 0 Å². The van der Waals surface area contributed by atoms with Crippen molar-refractivity contribution in [3.05, 3.63) is 66.0 Å². The molecule has 0 fully saturated rings. The zero-order chi connectivity index (χ0) is 23.6. The Balaban J connectivity index is 1.64. The minimum atomic E-state index is -0.353. The number of nitrogens with zero attached hydrogens (tertiary/aromatic N) is 3. The second-order valence-electron chi connectivity index (χ2n) is 8.02. The van der Waals surface area contributed by atoms with Gasteiger partial charge < -0.3 is 19.1 Å². The van der Waals surface area contributed by atoms with Gasteiger partial charge in [0, 0.05) is 25.1 Å². The summed E-state index contributed by atoms with van der Waals surface area (Å²) in [6.45, 7) is 3.01.